The molecule has 0 bridgehead atoms. The van der Waals surface area contributed by atoms with Crippen LogP contribution in [0.15, 0.2) is 30.3 Å². The number of benzene rings is 1. The molecule has 0 aliphatic heterocycles. The lowest BCUT2D eigenvalue weighted by Crippen LogP contribution is -2.17. The van der Waals surface area contributed by atoms with Gasteiger partial charge in [0.1, 0.15) is 10.8 Å². The van der Waals surface area contributed by atoms with E-state index >= 15 is 0 Å². The number of carbonyl (C=O) groups is 2. The van der Waals surface area contributed by atoms with Gasteiger partial charge in [-0.2, -0.15) is 0 Å². The third kappa shape index (κ3) is 3.54. The van der Waals surface area contributed by atoms with Crippen LogP contribution in [0.3, 0.4) is 0 Å². The summed E-state index contributed by atoms with van der Waals surface area (Å²) >= 11 is 1.43. The fourth-order valence-electron chi connectivity index (χ4n) is 2.81. The van der Waals surface area contributed by atoms with Crippen LogP contribution in [0, 0.1) is 5.82 Å². The maximum atomic E-state index is 12.9. The zero-order chi connectivity index (χ0) is 17.1. The molecule has 4 nitrogen and oxygen atoms in total. The van der Waals surface area contributed by atoms with E-state index in [9.17, 15) is 14.0 Å². The number of aryl methyl sites for hydroxylation is 1. The Kier molecular flexibility index (Phi) is 4.76. The summed E-state index contributed by atoms with van der Waals surface area (Å²) in [6.45, 7) is 0. The summed E-state index contributed by atoms with van der Waals surface area (Å²) in [5.74, 6) is -1.18. The highest BCUT2D eigenvalue weighted by Gasteiger charge is 2.24. The maximum absolute atomic E-state index is 12.9. The first-order chi connectivity index (χ1) is 11.5. The second-order valence-electron chi connectivity index (χ2n) is 5.65. The second kappa shape index (κ2) is 6.97. The number of hydrogen-bond donors (Lipinski definition) is 2. The summed E-state index contributed by atoms with van der Waals surface area (Å²) in [7, 11) is 0. The first-order valence-corrected chi connectivity index (χ1v) is 8.55. The van der Waals surface area contributed by atoms with Gasteiger partial charge < -0.3 is 11.1 Å². The van der Waals surface area contributed by atoms with Gasteiger partial charge in [0.05, 0.1) is 5.56 Å². The number of rotatable bonds is 4. The first-order valence-electron chi connectivity index (χ1n) is 7.73. The van der Waals surface area contributed by atoms with E-state index in [0.29, 0.717) is 16.1 Å². The summed E-state index contributed by atoms with van der Waals surface area (Å²) in [6, 6.07) is 5.82. The minimum Gasteiger partial charge on any atom is -0.365 e. The number of carbonyl (C=O) groups excluding carboxylic acids is 2. The Balaban J connectivity index is 1.78. The van der Waals surface area contributed by atoms with Crippen LogP contribution < -0.4 is 11.1 Å². The molecule has 1 heterocycles. The monoisotopic (exact) mass is 344 g/mol. The summed E-state index contributed by atoms with van der Waals surface area (Å²) in [5, 5.41) is 3.27. The number of thiophene rings is 1. The summed E-state index contributed by atoms with van der Waals surface area (Å²) in [5.41, 5.74) is 7.64. The van der Waals surface area contributed by atoms with Crippen LogP contribution in [0.4, 0.5) is 9.39 Å². The van der Waals surface area contributed by atoms with Crippen molar-refractivity contribution in [1.82, 2.24) is 0 Å². The molecular weight excluding hydrogens is 327 g/mol. The number of amides is 2. The highest BCUT2D eigenvalue weighted by atomic mass is 32.1. The van der Waals surface area contributed by atoms with Crippen molar-refractivity contribution < 1.29 is 14.0 Å². The van der Waals surface area contributed by atoms with Gasteiger partial charge in [0.25, 0.3) is 5.91 Å². The van der Waals surface area contributed by atoms with Crippen molar-refractivity contribution in [1.29, 1.82) is 0 Å². The van der Waals surface area contributed by atoms with Gasteiger partial charge in [0, 0.05) is 11.0 Å². The van der Waals surface area contributed by atoms with E-state index in [-0.39, 0.29) is 11.7 Å². The topological polar surface area (TPSA) is 72.2 Å². The summed E-state index contributed by atoms with van der Waals surface area (Å²) in [4.78, 5) is 25.0. The van der Waals surface area contributed by atoms with Crippen LogP contribution in [0.2, 0.25) is 0 Å². The molecule has 0 unspecified atom stereocenters. The predicted molar refractivity (Wildman–Crippen MR) is 93.5 cm³/mol. The lowest BCUT2D eigenvalue weighted by Gasteiger charge is -2.11. The normalized spacial score (nSPS) is 13.7. The van der Waals surface area contributed by atoms with Crippen molar-refractivity contribution in [2.75, 3.05) is 5.32 Å². The van der Waals surface area contributed by atoms with Crippen molar-refractivity contribution in [3.63, 3.8) is 0 Å². The predicted octanol–water partition coefficient (Wildman–Crippen LogP) is 3.52. The van der Waals surface area contributed by atoms with Crippen LogP contribution in [-0.2, 0) is 17.6 Å². The molecule has 1 aromatic heterocycles. The molecule has 1 aliphatic carbocycles. The van der Waals surface area contributed by atoms with E-state index in [2.05, 4.69) is 5.32 Å². The molecule has 2 aromatic rings. The standard InChI is InChI=1S/C18H17FN2O2S/c19-12-8-5-11(6-9-12)7-10-15(22)21-18-16(17(20)23)13-3-1-2-4-14(13)24-18/h5-10H,1-4H2,(H2,20,23)(H,21,22). The van der Waals surface area contributed by atoms with Gasteiger partial charge >= 0.3 is 0 Å². The quantitative estimate of drug-likeness (QED) is 0.833. The van der Waals surface area contributed by atoms with Crippen LogP contribution >= 0.6 is 11.3 Å². The van der Waals surface area contributed by atoms with Crippen molar-refractivity contribution in [2.45, 2.75) is 25.7 Å². The fraction of sp³-hybridized carbons (Fsp3) is 0.222. The minimum atomic E-state index is -0.507. The van der Waals surface area contributed by atoms with E-state index in [1.165, 1.54) is 29.5 Å². The van der Waals surface area contributed by atoms with Crippen molar-refractivity contribution >= 4 is 34.2 Å². The molecule has 6 heteroatoms. The minimum absolute atomic E-state index is 0.327. The molecule has 3 rings (SSSR count). The van der Waals surface area contributed by atoms with E-state index in [4.69, 9.17) is 5.73 Å². The molecule has 0 radical (unpaired) electrons. The van der Waals surface area contributed by atoms with Crippen LogP contribution in [0.5, 0.6) is 0 Å². The average molecular weight is 344 g/mol. The maximum Gasteiger partial charge on any atom is 0.251 e. The van der Waals surface area contributed by atoms with Gasteiger partial charge in [-0.1, -0.05) is 12.1 Å². The Morgan fingerprint density at radius 2 is 1.88 bits per heavy atom. The van der Waals surface area contributed by atoms with E-state index in [1.807, 2.05) is 0 Å². The summed E-state index contributed by atoms with van der Waals surface area (Å²) in [6.07, 6.45) is 6.81. The Morgan fingerprint density at radius 3 is 2.58 bits per heavy atom. The molecule has 0 fully saturated rings. The molecule has 1 aromatic carbocycles. The molecule has 2 amide bonds. The SMILES string of the molecule is NC(=O)c1c(NC(=O)C=Cc2ccc(F)cc2)sc2c1CCCC2. The molecule has 1 aliphatic rings. The van der Waals surface area contributed by atoms with Crippen LogP contribution in [0.25, 0.3) is 6.08 Å². The van der Waals surface area contributed by atoms with E-state index in [1.54, 1.807) is 18.2 Å². The lowest BCUT2D eigenvalue weighted by atomic mass is 9.95. The number of hydrogen-bond acceptors (Lipinski definition) is 3. The van der Waals surface area contributed by atoms with Crippen molar-refractivity contribution in [2.24, 2.45) is 5.73 Å². The lowest BCUT2D eigenvalue weighted by molar-refractivity contribution is -0.111. The number of anilines is 1. The summed E-state index contributed by atoms with van der Waals surface area (Å²) < 4.78 is 12.9. The Bertz CT molecular complexity index is 809. The number of nitrogens with one attached hydrogen (secondary N) is 1. The molecule has 0 spiro atoms. The molecular formula is C18H17FN2O2S. The number of fused-ring (bicyclic) bond motifs is 1. The van der Waals surface area contributed by atoms with Gasteiger partial charge in [-0.3, -0.25) is 9.59 Å². The van der Waals surface area contributed by atoms with Crippen LogP contribution in [-0.4, -0.2) is 11.8 Å². The van der Waals surface area contributed by atoms with E-state index in [0.717, 1.165) is 36.1 Å². The van der Waals surface area contributed by atoms with Crippen LogP contribution in [0.1, 0.15) is 39.2 Å². The Morgan fingerprint density at radius 1 is 1.17 bits per heavy atom. The highest BCUT2D eigenvalue weighted by molar-refractivity contribution is 7.17. The van der Waals surface area contributed by atoms with Gasteiger partial charge in [-0.05, 0) is 55.0 Å². The molecule has 0 saturated heterocycles. The Hall–Kier alpha value is -2.47. The molecule has 0 atom stereocenters. The third-order valence-electron chi connectivity index (χ3n) is 3.95. The fourth-order valence-corrected chi connectivity index (χ4v) is 4.11. The molecule has 3 N–H and O–H groups in total. The van der Waals surface area contributed by atoms with Gasteiger partial charge in [0.15, 0.2) is 0 Å². The number of primary amides is 1. The second-order valence-corrected chi connectivity index (χ2v) is 6.76. The third-order valence-corrected chi connectivity index (χ3v) is 5.16. The number of nitrogens with two attached hydrogens (primary N) is 1. The van der Waals surface area contributed by atoms with Gasteiger partial charge in [-0.15, -0.1) is 11.3 Å². The zero-order valence-corrected chi connectivity index (χ0v) is 13.8. The zero-order valence-electron chi connectivity index (χ0n) is 13.0. The molecule has 0 saturated carbocycles. The highest BCUT2D eigenvalue weighted by Crippen LogP contribution is 2.37. The number of halogens is 1. The van der Waals surface area contributed by atoms with Crippen molar-refractivity contribution in [3.05, 3.63) is 57.7 Å². The molecule has 124 valence electrons. The molecule has 24 heavy (non-hydrogen) atoms. The first kappa shape index (κ1) is 16.4. The average Bonchev–Trinajstić information content (AvgIpc) is 2.92. The largest absolute Gasteiger partial charge is 0.365 e. The Labute approximate surface area is 143 Å². The van der Waals surface area contributed by atoms with E-state index < -0.39 is 5.91 Å². The van der Waals surface area contributed by atoms with Gasteiger partial charge in [-0.25, -0.2) is 4.39 Å². The smallest absolute Gasteiger partial charge is 0.251 e. The van der Waals surface area contributed by atoms with Gasteiger partial charge in [0.2, 0.25) is 5.91 Å². The van der Waals surface area contributed by atoms with Crippen molar-refractivity contribution in [3.8, 4) is 0 Å².